The monoisotopic (exact) mass is 254 g/mol. The molecule has 0 aliphatic carbocycles. The largest absolute Gasteiger partial charge is 0.345 e. The molecule has 5 heteroatoms. The summed E-state index contributed by atoms with van der Waals surface area (Å²) < 4.78 is 0. The van der Waals surface area contributed by atoms with E-state index in [1.165, 1.54) is 0 Å². The minimum absolute atomic E-state index is 0.272. The van der Waals surface area contributed by atoms with E-state index in [0.717, 1.165) is 36.1 Å². The lowest BCUT2D eigenvalue weighted by molar-refractivity contribution is 0.382. The van der Waals surface area contributed by atoms with E-state index < -0.39 is 0 Å². The van der Waals surface area contributed by atoms with Crippen molar-refractivity contribution in [1.29, 1.82) is 0 Å². The van der Waals surface area contributed by atoms with Crippen LogP contribution in [0.15, 0.2) is 0 Å². The number of hydrogen-bond acceptors (Lipinski definition) is 5. The number of rotatable bonds is 4. The van der Waals surface area contributed by atoms with Crippen LogP contribution in [-0.4, -0.2) is 29.3 Å². The first kappa shape index (κ1) is 12.8. The van der Waals surface area contributed by atoms with Crippen LogP contribution in [0.1, 0.15) is 32.2 Å². The summed E-state index contributed by atoms with van der Waals surface area (Å²) in [5, 5.41) is 10.7. The number of nitrogens with zero attached hydrogens (tertiary/aromatic N) is 3. The number of nitrogens with two attached hydrogens (primary N) is 1. The molecule has 4 nitrogen and oxygen atoms in total. The maximum absolute atomic E-state index is 6.19. The lowest BCUT2D eigenvalue weighted by atomic mass is 9.92. The number of hydrogen-bond donors (Lipinski definition) is 1. The zero-order valence-electron chi connectivity index (χ0n) is 10.9. The summed E-state index contributed by atoms with van der Waals surface area (Å²) in [4.78, 5) is 2.30. The SMILES string of the molecule is CCCc1nnc(N2C[C@@H](N)[C@H](C(C)C)C2)s1. The summed E-state index contributed by atoms with van der Waals surface area (Å²) >= 11 is 1.72. The van der Waals surface area contributed by atoms with Crippen LogP contribution in [0.3, 0.4) is 0 Å². The minimum atomic E-state index is 0.272. The van der Waals surface area contributed by atoms with Gasteiger partial charge in [0, 0.05) is 25.6 Å². The molecule has 17 heavy (non-hydrogen) atoms. The van der Waals surface area contributed by atoms with Crippen LogP contribution in [0, 0.1) is 11.8 Å². The van der Waals surface area contributed by atoms with Gasteiger partial charge in [-0.15, -0.1) is 10.2 Å². The molecule has 0 radical (unpaired) electrons. The van der Waals surface area contributed by atoms with Crippen LogP contribution in [0.5, 0.6) is 0 Å². The van der Waals surface area contributed by atoms with Gasteiger partial charge < -0.3 is 10.6 Å². The molecular weight excluding hydrogens is 232 g/mol. The minimum Gasteiger partial charge on any atom is -0.345 e. The Balaban J connectivity index is 2.03. The Hall–Kier alpha value is -0.680. The van der Waals surface area contributed by atoms with Crippen LogP contribution < -0.4 is 10.6 Å². The highest BCUT2D eigenvalue weighted by atomic mass is 32.1. The van der Waals surface area contributed by atoms with Gasteiger partial charge in [-0.05, 0) is 18.3 Å². The Labute approximate surface area is 107 Å². The van der Waals surface area contributed by atoms with Gasteiger partial charge in [-0.1, -0.05) is 32.1 Å². The second-order valence-corrected chi connectivity index (χ2v) is 6.25. The number of anilines is 1. The van der Waals surface area contributed by atoms with E-state index in [-0.39, 0.29) is 6.04 Å². The van der Waals surface area contributed by atoms with Gasteiger partial charge in [0.1, 0.15) is 5.01 Å². The molecule has 2 N–H and O–H groups in total. The van der Waals surface area contributed by atoms with Crippen molar-refractivity contribution in [2.45, 2.75) is 39.7 Å². The van der Waals surface area contributed by atoms with Crippen molar-refractivity contribution in [2.24, 2.45) is 17.6 Å². The van der Waals surface area contributed by atoms with Crippen LogP contribution >= 0.6 is 11.3 Å². The zero-order chi connectivity index (χ0) is 12.4. The van der Waals surface area contributed by atoms with Crippen LogP contribution in [0.4, 0.5) is 5.13 Å². The third kappa shape index (κ3) is 2.77. The van der Waals surface area contributed by atoms with Gasteiger partial charge in [-0.2, -0.15) is 0 Å². The van der Waals surface area contributed by atoms with E-state index in [0.29, 0.717) is 11.8 Å². The third-order valence-corrected chi connectivity index (χ3v) is 4.50. The average Bonchev–Trinajstić information content (AvgIpc) is 2.85. The van der Waals surface area contributed by atoms with Gasteiger partial charge in [0.2, 0.25) is 5.13 Å². The van der Waals surface area contributed by atoms with Crippen molar-refractivity contribution in [2.75, 3.05) is 18.0 Å². The molecule has 0 unspecified atom stereocenters. The molecule has 1 saturated heterocycles. The first-order valence-electron chi connectivity index (χ1n) is 6.44. The Morgan fingerprint density at radius 3 is 2.76 bits per heavy atom. The molecular formula is C12H22N4S. The molecule has 0 aromatic carbocycles. The number of aromatic nitrogens is 2. The molecule has 1 aromatic heterocycles. The molecule has 0 saturated carbocycles. The van der Waals surface area contributed by atoms with Crippen molar-refractivity contribution < 1.29 is 0 Å². The molecule has 2 heterocycles. The molecule has 2 rings (SSSR count). The smallest absolute Gasteiger partial charge is 0.208 e. The summed E-state index contributed by atoms with van der Waals surface area (Å²) in [7, 11) is 0. The fraction of sp³-hybridized carbons (Fsp3) is 0.833. The predicted octanol–water partition coefficient (Wildman–Crippen LogP) is 1.91. The van der Waals surface area contributed by atoms with Crippen LogP contribution in [0.25, 0.3) is 0 Å². The highest BCUT2D eigenvalue weighted by molar-refractivity contribution is 7.15. The first-order chi connectivity index (χ1) is 8.11. The second-order valence-electron chi connectivity index (χ2n) is 5.21. The van der Waals surface area contributed by atoms with E-state index in [1.807, 2.05) is 0 Å². The summed E-state index contributed by atoms with van der Waals surface area (Å²) in [6, 6.07) is 0.272. The maximum Gasteiger partial charge on any atom is 0.208 e. The van der Waals surface area contributed by atoms with Gasteiger partial charge in [-0.3, -0.25) is 0 Å². The Bertz CT molecular complexity index is 363. The van der Waals surface area contributed by atoms with Gasteiger partial charge in [0.25, 0.3) is 0 Å². The van der Waals surface area contributed by atoms with Gasteiger partial charge in [0.05, 0.1) is 0 Å². The van der Waals surface area contributed by atoms with Crippen LogP contribution in [0.2, 0.25) is 0 Å². The highest BCUT2D eigenvalue weighted by Gasteiger charge is 2.33. The summed E-state index contributed by atoms with van der Waals surface area (Å²) in [6.07, 6.45) is 2.16. The molecule has 96 valence electrons. The van der Waals surface area contributed by atoms with Crippen molar-refractivity contribution in [3.05, 3.63) is 5.01 Å². The van der Waals surface area contributed by atoms with E-state index in [9.17, 15) is 0 Å². The molecule has 1 aromatic rings. The lowest BCUT2D eigenvalue weighted by Crippen LogP contribution is -2.32. The highest BCUT2D eigenvalue weighted by Crippen LogP contribution is 2.29. The average molecular weight is 254 g/mol. The lowest BCUT2D eigenvalue weighted by Gasteiger charge is -2.17. The normalized spacial score (nSPS) is 24.9. The fourth-order valence-electron chi connectivity index (χ4n) is 2.40. The molecule has 0 amide bonds. The molecule has 1 aliphatic rings. The van der Waals surface area contributed by atoms with Crippen LogP contribution in [-0.2, 0) is 6.42 Å². The Morgan fingerprint density at radius 1 is 1.41 bits per heavy atom. The first-order valence-corrected chi connectivity index (χ1v) is 7.26. The topological polar surface area (TPSA) is 55.0 Å². The van der Waals surface area contributed by atoms with Gasteiger partial charge in [-0.25, -0.2) is 0 Å². The fourth-order valence-corrected chi connectivity index (χ4v) is 3.36. The molecule has 0 bridgehead atoms. The third-order valence-electron chi connectivity index (χ3n) is 3.46. The number of aryl methyl sites for hydroxylation is 1. The van der Waals surface area contributed by atoms with Crippen molar-refractivity contribution >= 4 is 16.5 Å². The van der Waals surface area contributed by atoms with E-state index in [1.54, 1.807) is 11.3 Å². The quantitative estimate of drug-likeness (QED) is 0.892. The Morgan fingerprint density at radius 2 is 2.18 bits per heavy atom. The summed E-state index contributed by atoms with van der Waals surface area (Å²) in [5.41, 5.74) is 6.19. The van der Waals surface area contributed by atoms with Gasteiger partial charge >= 0.3 is 0 Å². The standard InChI is InChI=1S/C12H22N4S/c1-4-5-11-14-15-12(17-11)16-6-9(8(2)3)10(13)7-16/h8-10H,4-7,13H2,1-3H3/t9-,10+/m0/s1. The van der Waals surface area contributed by atoms with E-state index >= 15 is 0 Å². The van der Waals surface area contributed by atoms with Crippen molar-refractivity contribution in [1.82, 2.24) is 10.2 Å². The predicted molar refractivity (Wildman–Crippen MR) is 72.4 cm³/mol. The van der Waals surface area contributed by atoms with Crippen molar-refractivity contribution in [3.8, 4) is 0 Å². The Kier molecular flexibility index (Phi) is 3.99. The molecule has 1 fully saturated rings. The zero-order valence-corrected chi connectivity index (χ0v) is 11.7. The maximum atomic E-state index is 6.19. The summed E-state index contributed by atoms with van der Waals surface area (Å²) in [6.45, 7) is 8.61. The second kappa shape index (κ2) is 5.31. The van der Waals surface area contributed by atoms with Gasteiger partial charge in [0.15, 0.2) is 0 Å². The molecule has 2 atom stereocenters. The summed E-state index contributed by atoms with van der Waals surface area (Å²) in [5.74, 6) is 1.21. The molecule has 0 spiro atoms. The van der Waals surface area contributed by atoms with E-state index in [2.05, 4.69) is 35.9 Å². The van der Waals surface area contributed by atoms with Crippen molar-refractivity contribution in [3.63, 3.8) is 0 Å². The molecule has 1 aliphatic heterocycles. The van der Waals surface area contributed by atoms with E-state index in [4.69, 9.17) is 5.73 Å².